The highest BCUT2D eigenvalue weighted by atomic mass is 35.5. The zero-order chi connectivity index (χ0) is 61.8. The van der Waals surface area contributed by atoms with Gasteiger partial charge in [0, 0.05) is 32.9 Å². The summed E-state index contributed by atoms with van der Waals surface area (Å²) >= 11 is 7.56. The Morgan fingerprint density at radius 3 is 1.94 bits per heavy atom. The number of benzene rings is 5. The van der Waals surface area contributed by atoms with Crippen LogP contribution in [0.15, 0.2) is 110 Å². The molecule has 442 valence electrons. The van der Waals surface area contributed by atoms with E-state index in [2.05, 4.69) is 40.7 Å². The highest BCUT2D eigenvalue weighted by Crippen LogP contribution is 2.45. The molecular formula is C44H35ClN10O21S8. The normalized spacial score (nSPS) is 13.2. The first kappa shape index (κ1) is 62.9. The van der Waals surface area contributed by atoms with Gasteiger partial charge in [-0.3, -0.25) is 36.5 Å². The first-order chi connectivity index (χ1) is 39.0. The van der Waals surface area contributed by atoms with Crippen molar-refractivity contribution in [3.63, 3.8) is 0 Å². The van der Waals surface area contributed by atoms with Crippen molar-refractivity contribution in [3.8, 4) is 17.7 Å². The summed E-state index contributed by atoms with van der Waals surface area (Å²) < 4.78 is 209. The topological polar surface area (TPSA) is 501 Å². The number of aromatic nitrogens is 3. The van der Waals surface area contributed by atoms with Gasteiger partial charge in [-0.15, -0.1) is 37.3 Å². The van der Waals surface area contributed by atoms with Gasteiger partial charge < -0.3 is 9.84 Å². The zero-order valence-corrected chi connectivity index (χ0v) is 49.3. The molecule has 8 rings (SSSR count). The minimum absolute atomic E-state index is 0.0105. The summed E-state index contributed by atoms with van der Waals surface area (Å²) in [6.07, 6.45) is -0.0890. The molecular weight excluding hydrogens is 1300 g/mol. The van der Waals surface area contributed by atoms with E-state index in [4.69, 9.17) is 16.3 Å². The summed E-state index contributed by atoms with van der Waals surface area (Å²) in [4.78, 5) is 17.2. The van der Waals surface area contributed by atoms with Gasteiger partial charge >= 0.3 is 0 Å². The maximum atomic E-state index is 12.7. The van der Waals surface area contributed by atoms with Gasteiger partial charge in [-0.05, 0) is 86.5 Å². The number of thiazole rings is 1. The van der Waals surface area contributed by atoms with Gasteiger partial charge in [-0.2, -0.15) is 60.9 Å². The van der Waals surface area contributed by atoms with Crippen LogP contribution in [0, 0.1) is 25.2 Å². The standard InChI is InChI=1S/C44H35ClN10O21S8/c1-20-9-31(51-53-39-21(2)26(18-46)42-47-30-17-37(83(70,71)72)27(45)14-33(30)55(42)43(39)57)34(76-5-3-7-79(58,59)60)15-28(20)49-52-32-10-22(19-56)29(16-35(32)77-6-4-8-80(61,62)63)50-54-44-48-40-38(84(73,74)75)13-24-25(41(40)78-44)11-23(81(64,65)66)12-36(24)82(67,68)69/h9-17,19,57H,3-8H2,1-2H3,(H,58,59,60)(H,61,62,63)(H,64,65,66)(H,67,68,69)(H,70,71,72)(H,73,74,75). The smallest absolute Gasteiger partial charge is 0.296 e. The van der Waals surface area contributed by atoms with E-state index in [-0.39, 0.29) is 108 Å². The Morgan fingerprint density at radius 2 is 1.32 bits per heavy atom. The molecule has 0 radical (unpaired) electrons. The Labute approximate surface area is 486 Å². The SMILES string of the molecule is Cc1cc(N=Nc2c(C)c(C#N)c3nc4cc(S(=O)(=O)O)c(Cl)cc4n3c2O)c(OCCCS(=O)(=O)O)cc1N=Nc1cc(C=O)c(N=Nc2nc3c(S(=O)(=O)O)cc4c(S(=O)(=O)O)cc(S(=O)(=O)O)cc4c3s2)cc1SCCCS(=O)(=O)O. The van der Waals surface area contributed by atoms with Crippen molar-refractivity contribution in [2.75, 3.05) is 23.9 Å². The molecule has 0 bridgehead atoms. The summed E-state index contributed by atoms with van der Waals surface area (Å²) in [5.41, 5.74) is -1.65. The largest absolute Gasteiger partial charge is 0.493 e. The molecule has 8 aromatic rings. The maximum absolute atomic E-state index is 12.7. The molecule has 84 heavy (non-hydrogen) atoms. The van der Waals surface area contributed by atoms with Crippen LogP contribution in [0.4, 0.5) is 33.6 Å². The number of hydrogen-bond donors (Lipinski definition) is 7. The lowest BCUT2D eigenvalue weighted by atomic mass is 10.1. The quantitative estimate of drug-likeness (QED) is 0.0116. The molecule has 0 saturated carbocycles. The number of thioether (sulfide) groups is 1. The number of rotatable bonds is 21. The van der Waals surface area contributed by atoms with Crippen LogP contribution in [0.3, 0.4) is 0 Å². The molecule has 0 aliphatic heterocycles. The van der Waals surface area contributed by atoms with Gasteiger partial charge in [-0.25, -0.2) is 9.97 Å². The third-order valence-electron chi connectivity index (χ3n) is 11.7. The summed E-state index contributed by atoms with van der Waals surface area (Å²) in [6, 6.07) is 10.7. The predicted molar refractivity (Wildman–Crippen MR) is 299 cm³/mol. The number of azo groups is 3. The van der Waals surface area contributed by atoms with Gasteiger partial charge in [0.05, 0.1) is 55.1 Å². The highest BCUT2D eigenvalue weighted by Gasteiger charge is 2.29. The molecule has 0 atom stereocenters. The molecule has 0 unspecified atom stereocenters. The average molecular weight is 1330 g/mol. The van der Waals surface area contributed by atoms with E-state index in [0.717, 1.165) is 34.4 Å². The lowest BCUT2D eigenvalue weighted by Crippen LogP contribution is -2.08. The number of carbonyl (C=O) groups excluding carboxylic acids is 1. The van der Waals surface area contributed by atoms with Crippen LogP contribution < -0.4 is 4.74 Å². The highest BCUT2D eigenvalue weighted by molar-refractivity contribution is 7.99. The van der Waals surface area contributed by atoms with Crippen LogP contribution in [-0.2, 0) is 60.7 Å². The first-order valence-electron chi connectivity index (χ1n) is 22.7. The Bertz CT molecular complexity index is 5010. The van der Waals surface area contributed by atoms with E-state index in [1.807, 2.05) is 6.07 Å². The first-order valence-corrected chi connectivity index (χ1v) is 33.9. The van der Waals surface area contributed by atoms with Crippen molar-refractivity contribution in [2.45, 2.75) is 51.2 Å². The van der Waals surface area contributed by atoms with Crippen LogP contribution in [-0.4, -0.2) is 127 Å². The number of nitriles is 1. The second-order valence-corrected chi connectivity index (χ2v) is 28.7. The Kier molecular flexibility index (Phi) is 17.5. The molecule has 31 nitrogen and oxygen atoms in total. The van der Waals surface area contributed by atoms with Crippen LogP contribution in [0.5, 0.6) is 11.6 Å². The van der Waals surface area contributed by atoms with Gasteiger partial charge in [0.15, 0.2) is 17.6 Å². The van der Waals surface area contributed by atoms with Crippen LogP contribution in [0.25, 0.3) is 37.7 Å². The van der Waals surface area contributed by atoms with Gasteiger partial charge in [0.1, 0.15) is 49.0 Å². The number of ether oxygens (including phenoxy) is 1. The zero-order valence-electron chi connectivity index (χ0n) is 42.0. The second kappa shape index (κ2) is 23.4. The summed E-state index contributed by atoms with van der Waals surface area (Å²) in [6.45, 7) is 2.55. The fourth-order valence-electron chi connectivity index (χ4n) is 7.94. The Balaban J connectivity index is 1.21. The molecule has 7 N–H and O–H groups in total. The van der Waals surface area contributed by atoms with E-state index in [9.17, 15) is 93.0 Å². The molecule has 0 fully saturated rings. The molecule has 0 amide bonds. The van der Waals surface area contributed by atoms with Crippen molar-refractivity contribution in [1.29, 1.82) is 5.26 Å². The molecule has 5 aromatic carbocycles. The number of aromatic hydroxyl groups is 1. The van der Waals surface area contributed by atoms with Crippen molar-refractivity contribution in [3.05, 3.63) is 81.9 Å². The monoisotopic (exact) mass is 1330 g/mol. The third kappa shape index (κ3) is 13.8. The Morgan fingerprint density at radius 1 is 0.690 bits per heavy atom. The van der Waals surface area contributed by atoms with E-state index >= 15 is 0 Å². The van der Waals surface area contributed by atoms with Crippen LogP contribution in [0.2, 0.25) is 5.02 Å². The molecule has 0 aliphatic rings. The number of aryl methyl sites for hydroxylation is 1. The minimum Gasteiger partial charge on any atom is -0.493 e. The number of imidazole rings is 1. The molecule has 3 aromatic heterocycles. The number of pyridine rings is 1. The fraction of sp³-hybridized carbons (Fsp3) is 0.182. The molecule has 0 saturated heterocycles. The third-order valence-corrected chi connectivity index (χ3v) is 19.3. The molecule has 0 aliphatic carbocycles. The number of fused-ring (bicyclic) bond motifs is 6. The summed E-state index contributed by atoms with van der Waals surface area (Å²) in [5, 5.41) is 45.1. The average Bonchev–Trinajstić information content (AvgIpc) is 1.67. The lowest BCUT2D eigenvalue weighted by molar-refractivity contribution is 0.112. The van der Waals surface area contributed by atoms with Crippen molar-refractivity contribution < 1.29 is 92.5 Å². The van der Waals surface area contributed by atoms with Crippen molar-refractivity contribution in [1.82, 2.24) is 14.4 Å². The Hall–Kier alpha value is -7.14. The molecule has 0 spiro atoms. The summed E-state index contributed by atoms with van der Waals surface area (Å²) in [5.74, 6) is -2.25. The lowest BCUT2D eigenvalue weighted by Gasteiger charge is -2.12. The number of halogens is 1. The summed E-state index contributed by atoms with van der Waals surface area (Å²) in [7, 11) is -29.5. The van der Waals surface area contributed by atoms with Crippen molar-refractivity contribution >= 4 is 173 Å². The van der Waals surface area contributed by atoms with Crippen LogP contribution >= 0.6 is 34.7 Å². The number of hydrogen-bond acceptors (Lipinski definition) is 26. The second-order valence-electron chi connectivity index (χ2n) is 17.5. The molecule has 3 heterocycles. The van der Waals surface area contributed by atoms with E-state index in [0.29, 0.717) is 29.8 Å². The number of carbonyl (C=O) groups is 1. The van der Waals surface area contributed by atoms with E-state index in [1.165, 1.54) is 38.1 Å². The van der Waals surface area contributed by atoms with Crippen molar-refractivity contribution in [2.24, 2.45) is 30.7 Å². The maximum Gasteiger partial charge on any atom is 0.296 e. The van der Waals surface area contributed by atoms with E-state index in [1.54, 1.807) is 0 Å². The van der Waals surface area contributed by atoms with Crippen LogP contribution in [0.1, 0.15) is 39.9 Å². The fourth-order valence-corrected chi connectivity index (χ4v) is 14.1. The van der Waals surface area contributed by atoms with E-state index < -0.39 is 124 Å². The predicted octanol–water partition coefficient (Wildman–Crippen LogP) is 9.17. The van der Waals surface area contributed by atoms with Gasteiger partial charge in [-0.1, -0.05) is 22.9 Å². The van der Waals surface area contributed by atoms with Gasteiger partial charge in [0.25, 0.3) is 60.7 Å². The minimum atomic E-state index is -5.35. The molecule has 40 heteroatoms. The number of aldehydes is 1. The van der Waals surface area contributed by atoms with Gasteiger partial charge in [0.2, 0.25) is 11.0 Å². The number of nitrogens with zero attached hydrogens (tertiary/aromatic N) is 10.